The number of nitrogens with zero attached hydrogens (tertiary/aromatic N) is 2. The van der Waals surface area contributed by atoms with Crippen LogP contribution in [0.5, 0.6) is 0 Å². The normalized spacial score (nSPS) is 10.6. The Morgan fingerprint density at radius 2 is 2.36 bits per heavy atom. The zero-order valence-corrected chi connectivity index (χ0v) is 6.28. The molecule has 0 fully saturated rings. The van der Waals surface area contributed by atoms with Crippen LogP contribution in [-0.2, 0) is 0 Å². The predicted octanol–water partition coefficient (Wildman–Crippen LogP) is 0.437. The van der Waals surface area contributed by atoms with E-state index in [1.54, 1.807) is 4.52 Å². The van der Waals surface area contributed by atoms with E-state index < -0.39 is 0 Å². The maximum Gasteiger partial charge on any atom is 0.116 e. The number of rotatable bonds is 0. The van der Waals surface area contributed by atoms with Gasteiger partial charge in [-0.1, -0.05) is 11.5 Å². The summed E-state index contributed by atoms with van der Waals surface area (Å²) in [7, 11) is 5.74. The summed E-state index contributed by atoms with van der Waals surface area (Å²) >= 11 is 0. The Balaban J connectivity index is 2.96. The lowest BCUT2D eigenvalue weighted by molar-refractivity contribution is 0.964. The average molecular weight is 142 g/mol. The van der Waals surface area contributed by atoms with E-state index in [4.69, 9.17) is 7.85 Å². The van der Waals surface area contributed by atoms with Crippen molar-refractivity contribution in [2.24, 2.45) is 0 Å². The Bertz CT molecular complexity index is 392. The van der Waals surface area contributed by atoms with Crippen LogP contribution in [0.2, 0.25) is 0 Å². The van der Waals surface area contributed by atoms with Gasteiger partial charge < -0.3 is 0 Å². The standard InChI is InChI=1S/C8H7BN2/c1-6-5-10-11-4-2-3-7(9)8(6)11/h2-5H,1H3. The van der Waals surface area contributed by atoms with Crippen LogP contribution in [-0.4, -0.2) is 17.5 Å². The van der Waals surface area contributed by atoms with Crippen LogP contribution >= 0.6 is 0 Å². The van der Waals surface area contributed by atoms with E-state index in [0.717, 1.165) is 16.5 Å². The Kier molecular flexibility index (Phi) is 1.25. The van der Waals surface area contributed by atoms with Crippen LogP contribution in [0.25, 0.3) is 5.52 Å². The lowest BCUT2D eigenvalue weighted by Gasteiger charge is -1.97. The first-order valence-corrected chi connectivity index (χ1v) is 3.47. The van der Waals surface area contributed by atoms with Crippen LogP contribution in [0.1, 0.15) is 5.56 Å². The summed E-state index contributed by atoms with van der Waals surface area (Å²) in [5.74, 6) is 0. The number of hydrogen-bond donors (Lipinski definition) is 0. The largest absolute Gasteiger partial charge is 0.241 e. The first-order valence-electron chi connectivity index (χ1n) is 3.47. The minimum Gasteiger partial charge on any atom is -0.241 e. The first-order chi connectivity index (χ1) is 5.29. The predicted molar refractivity (Wildman–Crippen MR) is 45.3 cm³/mol. The molecule has 2 aromatic heterocycles. The maximum absolute atomic E-state index is 5.74. The minimum absolute atomic E-state index is 0.780. The second-order valence-electron chi connectivity index (χ2n) is 2.58. The molecule has 2 heterocycles. The molecule has 3 heteroatoms. The molecule has 2 rings (SSSR count). The molecule has 0 aliphatic rings. The van der Waals surface area contributed by atoms with Gasteiger partial charge in [0, 0.05) is 6.20 Å². The first kappa shape index (κ1) is 6.46. The Morgan fingerprint density at radius 3 is 3.09 bits per heavy atom. The molecule has 0 saturated heterocycles. The Hall–Kier alpha value is -1.25. The number of aromatic nitrogens is 2. The van der Waals surface area contributed by atoms with Gasteiger partial charge in [-0.2, -0.15) is 5.10 Å². The van der Waals surface area contributed by atoms with Gasteiger partial charge in [0.2, 0.25) is 0 Å². The highest BCUT2D eigenvalue weighted by Crippen LogP contribution is 2.04. The fourth-order valence-electron chi connectivity index (χ4n) is 1.23. The zero-order valence-electron chi connectivity index (χ0n) is 6.28. The third kappa shape index (κ3) is 0.844. The molecule has 52 valence electrons. The average Bonchev–Trinajstić information content (AvgIpc) is 2.34. The highest BCUT2D eigenvalue weighted by Gasteiger charge is 1.99. The topological polar surface area (TPSA) is 17.3 Å². The molecule has 11 heavy (non-hydrogen) atoms. The van der Waals surface area contributed by atoms with Gasteiger partial charge in [0.1, 0.15) is 7.85 Å². The summed E-state index contributed by atoms with van der Waals surface area (Å²) in [5, 5.41) is 4.12. The molecule has 0 bridgehead atoms. The summed E-state index contributed by atoms with van der Waals surface area (Å²) in [5.41, 5.74) is 2.90. The van der Waals surface area contributed by atoms with Crippen LogP contribution in [0.3, 0.4) is 0 Å². The summed E-state index contributed by atoms with van der Waals surface area (Å²) in [6.07, 6.45) is 3.70. The van der Waals surface area contributed by atoms with Gasteiger partial charge in [-0.05, 0) is 18.6 Å². The van der Waals surface area contributed by atoms with Crippen molar-refractivity contribution >= 4 is 18.8 Å². The van der Waals surface area contributed by atoms with Crippen molar-refractivity contribution in [3.63, 3.8) is 0 Å². The lowest BCUT2D eigenvalue weighted by Crippen LogP contribution is -2.06. The Morgan fingerprint density at radius 1 is 1.55 bits per heavy atom. The van der Waals surface area contributed by atoms with Crippen LogP contribution in [0.4, 0.5) is 0 Å². The molecule has 2 aromatic rings. The molecule has 0 unspecified atom stereocenters. The maximum atomic E-state index is 5.74. The SMILES string of the molecule is [B]c1cccn2ncc(C)c12. The van der Waals surface area contributed by atoms with Gasteiger partial charge >= 0.3 is 0 Å². The number of aryl methyl sites for hydroxylation is 1. The molecule has 0 atom stereocenters. The monoisotopic (exact) mass is 142 g/mol. The third-order valence-electron chi connectivity index (χ3n) is 1.75. The van der Waals surface area contributed by atoms with E-state index in [-0.39, 0.29) is 0 Å². The molecule has 0 aliphatic heterocycles. The molecule has 0 aromatic carbocycles. The second-order valence-corrected chi connectivity index (χ2v) is 2.58. The van der Waals surface area contributed by atoms with Crippen molar-refractivity contribution in [3.8, 4) is 0 Å². The van der Waals surface area contributed by atoms with Gasteiger partial charge in [0.15, 0.2) is 0 Å². The highest BCUT2D eigenvalue weighted by atomic mass is 15.2. The van der Waals surface area contributed by atoms with E-state index in [0.29, 0.717) is 0 Å². The van der Waals surface area contributed by atoms with Crippen molar-refractivity contribution < 1.29 is 0 Å². The molecule has 0 saturated carbocycles. The zero-order chi connectivity index (χ0) is 7.84. The van der Waals surface area contributed by atoms with Crippen molar-refractivity contribution in [2.45, 2.75) is 6.92 Å². The molecule has 0 N–H and O–H groups in total. The van der Waals surface area contributed by atoms with Gasteiger partial charge in [0.25, 0.3) is 0 Å². The van der Waals surface area contributed by atoms with Crippen molar-refractivity contribution in [1.82, 2.24) is 9.61 Å². The quantitative estimate of drug-likeness (QED) is 0.487. The van der Waals surface area contributed by atoms with E-state index in [9.17, 15) is 0 Å². The smallest absolute Gasteiger partial charge is 0.116 e. The molecule has 0 spiro atoms. The van der Waals surface area contributed by atoms with Gasteiger partial charge in [-0.3, -0.25) is 0 Å². The summed E-state index contributed by atoms with van der Waals surface area (Å²) in [6.45, 7) is 2.00. The van der Waals surface area contributed by atoms with Gasteiger partial charge in [-0.25, -0.2) is 4.52 Å². The second kappa shape index (κ2) is 2.12. The summed E-state index contributed by atoms with van der Waals surface area (Å²) < 4.78 is 1.78. The van der Waals surface area contributed by atoms with Crippen molar-refractivity contribution in [3.05, 3.63) is 30.1 Å². The van der Waals surface area contributed by atoms with E-state index in [1.165, 1.54) is 0 Å². The Labute approximate surface area is 66.3 Å². The molecule has 0 amide bonds. The van der Waals surface area contributed by atoms with Crippen molar-refractivity contribution in [1.29, 1.82) is 0 Å². The van der Waals surface area contributed by atoms with E-state index in [1.807, 2.05) is 31.5 Å². The molecule has 0 aliphatic carbocycles. The van der Waals surface area contributed by atoms with E-state index >= 15 is 0 Å². The molecular weight excluding hydrogens is 135 g/mol. The highest BCUT2D eigenvalue weighted by molar-refractivity contribution is 6.36. The number of hydrogen-bond acceptors (Lipinski definition) is 1. The van der Waals surface area contributed by atoms with E-state index in [2.05, 4.69) is 5.10 Å². The van der Waals surface area contributed by atoms with Gasteiger partial charge in [-0.15, -0.1) is 0 Å². The minimum atomic E-state index is 0.780. The molecular formula is C8H7BN2. The fourth-order valence-corrected chi connectivity index (χ4v) is 1.23. The van der Waals surface area contributed by atoms with Gasteiger partial charge in [0.05, 0.1) is 11.7 Å². The lowest BCUT2D eigenvalue weighted by atomic mass is 9.95. The van der Waals surface area contributed by atoms with Crippen LogP contribution < -0.4 is 5.46 Å². The van der Waals surface area contributed by atoms with Crippen LogP contribution in [0, 0.1) is 6.92 Å². The molecule has 2 nitrogen and oxygen atoms in total. The number of pyridine rings is 1. The third-order valence-corrected chi connectivity index (χ3v) is 1.75. The number of fused-ring (bicyclic) bond motifs is 1. The summed E-state index contributed by atoms with van der Waals surface area (Å²) in [4.78, 5) is 0. The summed E-state index contributed by atoms with van der Waals surface area (Å²) in [6, 6.07) is 3.76. The van der Waals surface area contributed by atoms with Crippen molar-refractivity contribution in [2.75, 3.05) is 0 Å². The molecule has 2 radical (unpaired) electrons. The van der Waals surface area contributed by atoms with Crippen LogP contribution in [0.15, 0.2) is 24.5 Å². The fraction of sp³-hybridized carbons (Fsp3) is 0.125.